The van der Waals surface area contributed by atoms with Crippen molar-refractivity contribution in [3.8, 4) is 0 Å². The number of methoxy groups -OCH3 is 1. The SMILES string of the molecule is CN=C(NCCCCCC(=O)OC)NCCCCC(C)C. The third-order valence-corrected chi connectivity index (χ3v) is 3.30. The van der Waals surface area contributed by atoms with Gasteiger partial charge in [0.05, 0.1) is 7.11 Å². The molecule has 0 aliphatic carbocycles. The summed E-state index contributed by atoms with van der Waals surface area (Å²) in [6.07, 6.45) is 7.18. The highest BCUT2D eigenvalue weighted by Crippen LogP contribution is 2.05. The first-order valence-electron chi connectivity index (χ1n) is 8.11. The van der Waals surface area contributed by atoms with Gasteiger partial charge in [-0.3, -0.25) is 9.79 Å². The van der Waals surface area contributed by atoms with Gasteiger partial charge < -0.3 is 15.4 Å². The molecule has 0 bridgehead atoms. The third kappa shape index (κ3) is 13.5. The molecule has 0 saturated heterocycles. The highest BCUT2D eigenvalue weighted by molar-refractivity contribution is 5.79. The molecule has 0 aromatic rings. The number of unbranched alkanes of at least 4 members (excludes halogenated alkanes) is 3. The van der Waals surface area contributed by atoms with Crippen molar-refractivity contribution >= 4 is 11.9 Å². The smallest absolute Gasteiger partial charge is 0.305 e. The lowest BCUT2D eigenvalue weighted by atomic mass is 10.1. The van der Waals surface area contributed by atoms with Crippen LogP contribution >= 0.6 is 0 Å². The molecule has 0 aromatic carbocycles. The summed E-state index contributed by atoms with van der Waals surface area (Å²) in [5.74, 6) is 1.53. The second-order valence-corrected chi connectivity index (χ2v) is 5.70. The Morgan fingerprint density at radius 2 is 1.67 bits per heavy atom. The monoisotopic (exact) mass is 299 g/mol. The van der Waals surface area contributed by atoms with Crippen molar-refractivity contribution in [3.63, 3.8) is 0 Å². The van der Waals surface area contributed by atoms with Crippen molar-refractivity contribution in [2.24, 2.45) is 10.9 Å². The Labute approximate surface area is 129 Å². The van der Waals surface area contributed by atoms with Gasteiger partial charge in [-0.05, 0) is 25.2 Å². The average molecular weight is 299 g/mol. The van der Waals surface area contributed by atoms with Crippen molar-refractivity contribution < 1.29 is 9.53 Å². The number of nitrogens with one attached hydrogen (secondary N) is 2. The molecule has 21 heavy (non-hydrogen) atoms. The molecule has 0 atom stereocenters. The highest BCUT2D eigenvalue weighted by atomic mass is 16.5. The normalized spacial score (nSPS) is 11.6. The summed E-state index contributed by atoms with van der Waals surface area (Å²) in [7, 11) is 3.22. The van der Waals surface area contributed by atoms with Gasteiger partial charge in [0, 0.05) is 26.6 Å². The predicted molar refractivity (Wildman–Crippen MR) is 88.5 cm³/mol. The molecule has 0 aliphatic rings. The molecule has 5 heteroatoms. The predicted octanol–water partition coefficient (Wildman–Crippen LogP) is 2.71. The number of rotatable bonds is 11. The number of ether oxygens (including phenoxy) is 1. The van der Waals surface area contributed by atoms with E-state index in [-0.39, 0.29) is 5.97 Å². The highest BCUT2D eigenvalue weighted by Gasteiger charge is 2.00. The van der Waals surface area contributed by atoms with E-state index in [2.05, 4.69) is 34.2 Å². The number of carbonyl (C=O) groups excluding carboxylic acids is 1. The Morgan fingerprint density at radius 1 is 1.05 bits per heavy atom. The molecular formula is C16H33N3O2. The Kier molecular flexibility index (Phi) is 12.9. The Bertz CT molecular complexity index is 291. The van der Waals surface area contributed by atoms with Gasteiger partial charge >= 0.3 is 5.97 Å². The summed E-state index contributed by atoms with van der Waals surface area (Å²) in [5.41, 5.74) is 0. The first-order chi connectivity index (χ1) is 10.1. The lowest BCUT2D eigenvalue weighted by Crippen LogP contribution is -2.38. The van der Waals surface area contributed by atoms with Crippen LogP contribution in [0, 0.1) is 5.92 Å². The molecule has 0 amide bonds. The second-order valence-electron chi connectivity index (χ2n) is 5.70. The fraction of sp³-hybridized carbons (Fsp3) is 0.875. The van der Waals surface area contributed by atoms with Crippen molar-refractivity contribution in [3.05, 3.63) is 0 Å². The summed E-state index contributed by atoms with van der Waals surface area (Å²) in [6.45, 7) is 6.36. The van der Waals surface area contributed by atoms with Crippen LogP contribution in [0.5, 0.6) is 0 Å². The van der Waals surface area contributed by atoms with Gasteiger partial charge in [0.25, 0.3) is 0 Å². The number of aliphatic imine (C=N–C) groups is 1. The van der Waals surface area contributed by atoms with Gasteiger partial charge in [-0.25, -0.2) is 0 Å². The van der Waals surface area contributed by atoms with Crippen LogP contribution in [-0.4, -0.2) is 39.2 Å². The largest absolute Gasteiger partial charge is 0.469 e. The van der Waals surface area contributed by atoms with Gasteiger partial charge in [-0.15, -0.1) is 0 Å². The van der Waals surface area contributed by atoms with E-state index in [1.807, 2.05) is 0 Å². The summed E-state index contributed by atoms with van der Waals surface area (Å²) in [5, 5.41) is 6.62. The maximum Gasteiger partial charge on any atom is 0.305 e. The van der Waals surface area contributed by atoms with Crippen LogP contribution in [0.1, 0.15) is 58.8 Å². The summed E-state index contributed by atoms with van der Waals surface area (Å²) in [6, 6.07) is 0. The zero-order valence-corrected chi connectivity index (χ0v) is 14.2. The van der Waals surface area contributed by atoms with Crippen LogP contribution in [0.4, 0.5) is 0 Å². The molecule has 0 heterocycles. The van der Waals surface area contributed by atoms with Crippen molar-refractivity contribution in [1.82, 2.24) is 10.6 Å². The number of guanidine groups is 1. The Hall–Kier alpha value is -1.26. The van der Waals surface area contributed by atoms with E-state index in [0.717, 1.165) is 44.2 Å². The zero-order valence-electron chi connectivity index (χ0n) is 14.2. The summed E-state index contributed by atoms with van der Waals surface area (Å²) >= 11 is 0. The number of hydrogen-bond donors (Lipinski definition) is 2. The van der Waals surface area contributed by atoms with Crippen LogP contribution in [0.2, 0.25) is 0 Å². The quantitative estimate of drug-likeness (QED) is 0.266. The topological polar surface area (TPSA) is 62.7 Å². The lowest BCUT2D eigenvalue weighted by molar-refractivity contribution is -0.140. The van der Waals surface area contributed by atoms with Gasteiger partial charge in [-0.1, -0.05) is 33.1 Å². The van der Waals surface area contributed by atoms with Gasteiger partial charge in [0.15, 0.2) is 5.96 Å². The van der Waals surface area contributed by atoms with Crippen LogP contribution in [0.15, 0.2) is 4.99 Å². The molecule has 5 nitrogen and oxygen atoms in total. The third-order valence-electron chi connectivity index (χ3n) is 3.30. The fourth-order valence-electron chi connectivity index (χ4n) is 1.98. The Morgan fingerprint density at radius 3 is 2.19 bits per heavy atom. The van der Waals surface area contributed by atoms with E-state index in [1.165, 1.54) is 26.4 Å². The van der Waals surface area contributed by atoms with Gasteiger partial charge in [0.1, 0.15) is 0 Å². The number of nitrogens with zero attached hydrogens (tertiary/aromatic N) is 1. The molecule has 0 fully saturated rings. The lowest BCUT2D eigenvalue weighted by Gasteiger charge is -2.12. The fourth-order valence-corrected chi connectivity index (χ4v) is 1.98. The van der Waals surface area contributed by atoms with E-state index < -0.39 is 0 Å². The molecule has 0 saturated carbocycles. The zero-order chi connectivity index (χ0) is 15.9. The molecule has 0 unspecified atom stereocenters. The molecule has 0 aliphatic heterocycles. The summed E-state index contributed by atoms with van der Waals surface area (Å²) in [4.78, 5) is 15.1. The maximum absolute atomic E-state index is 10.9. The van der Waals surface area contributed by atoms with E-state index in [1.54, 1.807) is 7.05 Å². The minimum absolute atomic E-state index is 0.123. The van der Waals surface area contributed by atoms with Crippen LogP contribution in [0.25, 0.3) is 0 Å². The molecular weight excluding hydrogens is 266 g/mol. The van der Waals surface area contributed by atoms with E-state index in [4.69, 9.17) is 0 Å². The van der Waals surface area contributed by atoms with E-state index in [9.17, 15) is 4.79 Å². The number of hydrogen-bond acceptors (Lipinski definition) is 3. The number of carbonyl (C=O) groups is 1. The molecule has 0 aromatic heterocycles. The van der Waals surface area contributed by atoms with Crippen LogP contribution < -0.4 is 10.6 Å². The average Bonchev–Trinajstić information content (AvgIpc) is 2.47. The van der Waals surface area contributed by atoms with Gasteiger partial charge in [-0.2, -0.15) is 0 Å². The van der Waals surface area contributed by atoms with Crippen LogP contribution in [-0.2, 0) is 9.53 Å². The first-order valence-corrected chi connectivity index (χ1v) is 8.11. The van der Waals surface area contributed by atoms with Crippen molar-refractivity contribution in [2.75, 3.05) is 27.2 Å². The van der Waals surface area contributed by atoms with E-state index in [0.29, 0.717) is 6.42 Å². The minimum atomic E-state index is -0.123. The molecule has 2 N–H and O–H groups in total. The standard InChI is InChI=1S/C16H33N3O2/c1-14(2)10-7-9-13-19-16(17-3)18-12-8-5-6-11-15(20)21-4/h14H,5-13H2,1-4H3,(H2,17,18,19). The molecule has 0 rings (SSSR count). The van der Waals surface area contributed by atoms with Crippen molar-refractivity contribution in [2.45, 2.75) is 58.8 Å². The first kappa shape index (κ1) is 19.7. The molecule has 0 spiro atoms. The minimum Gasteiger partial charge on any atom is -0.469 e. The molecule has 124 valence electrons. The number of esters is 1. The van der Waals surface area contributed by atoms with Crippen LogP contribution in [0.3, 0.4) is 0 Å². The maximum atomic E-state index is 10.9. The van der Waals surface area contributed by atoms with Gasteiger partial charge in [0.2, 0.25) is 0 Å². The van der Waals surface area contributed by atoms with Crippen molar-refractivity contribution in [1.29, 1.82) is 0 Å². The molecule has 0 radical (unpaired) electrons. The van der Waals surface area contributed by atoms with E-state index >= 15 is 0 Å². The second kappa shape index (κ2) is 13.7. The summed E-state index contributed by atoms with van der Waals surface area (Å²) < 4.78 is 4.61. The Balaban J connectivity index is 3.48.